The number of carbonyl (C=O) groups excluding carboxylic acids is 2. The van der Waals surface area contributed by atoms with Crippen molar-refractivity contribution in [2.75, 3.05) is 23.1 Å². The molecule has 16 heavy (non-hydrogen) atoms. The van der Waals surface area contributed by atoms with E-state index in [0.717, 1.165) is 5.69 Å². The minimum atomic E-state index is -0.172. The van der Waals surface area contributed by atoms with E-state index < -0.39 is 0 Å². The smallest absolute Gasteiger partial charge is 0.241 e. The number of benzene rings is 1. The van der Waals surface area contributed by atoms with Crippen molar-refractivity contribution in [3.63, 3.8) is 0 Å². The molecule has 0 unspecified atom stereocenters. The minimum absolute atomic E-state index is 0.0516. The van der Waals surface area contributed by atoms with Crippen molar-refractivity contribution in [3.8, 4) is 0 Å². The lowest BCUT2D eigenvalue weighted by Crippen LogP contribution is -2.27. The first-order valence-electron chi connectivity index (χ1n) is 4.74. The summed E-state index contributed by atoms with van der Waals surface area (Å²) in [5, 5.41) is 2.65. The quantitative estimate of drug-likeness (QED) is 0.820. The molecule has 1 aromatic carbocycles. The summed E-state index contributed by atoms with van der Waals surface area (Å²) in [6.07, 6.45) is 0. The van der Waals surface area contributed by atoms with Crippen LogP contribution in [-0.4, -0.2) is 24.7 Å². The van der Waals surface area contributed by atoms with Gasteiger partial charge in [-0.3, -0.25) is 9.59 Å². The highest BCUT2D eigenvalue weighted by Crippen LogP contribution is 2.17. The Morgan fingerprint density at radius 3 is 2.31 bits per heavy atom. The monoisotopic (exact) mass is 240 g/mol. The van der Waals surface area contributed by atoms with Crippen LogP contribution in [0.3, 0.4) is 0 Å². The molecule has 0 saturated heterocycles. The van der Waals surface area contributed by atoms with Crippen molar-refractivity contribution < 1.29 is 9.59 Å². The summed E-state index contributed by atoms with van der Waals surface area (Å²) in [7, 11) is 1.65. The first-order chi connectivity index (χ1) is 7.54. The molecule has 0 bridgehead atoms. The van der Waals surface area contributed by atoms with Crippen LogP contribution in [-0.2, 0) is 9.59 Å². The van der Waals surface area contributed by atoms with Crippen LogP contribution in [0.1, 0.15) is 6.92 Å². The number of anilines is 2. The number of nitrogens with zero attached hydrogens (tertiary/aromatic N) is 1. The zero-order valence-corrected chi connectivity index (χ0v) is 9.91. The standard InChI is InChI=1S/C11H13ClN2O2/c1-8(15)13-9-3-5-10(6-4-9)14(2)11(16)7-12/h3-6H,7H2,1-2H3,(H,13,15). The first kappa shape index (κ1) is 12.5. The fourth-order valence-corrected chi connectivity index (χ4v) is 1.38. The van der Waals surface area contributed by atoms with E-state index in [1.807, 2.05) is 0 Å². The van der Waals surface area contributed by atoms with Crippen LogP contribution in [0.4, 0.5) is 11.4 Å². The molecule has 0 saturated carbocycles. The van der Waals surface area contributed by atoms with Gasteiger partial charge in [0, 0.05) is 25.3 Å². The Balaban J connectivity index is 2.78. The molecular formula is C11H13ClN2O2. The molecule has 86 valence electrons. The van der Waals surface area contributed by atoms with Crippen LogP contribution >= 0.6 is 11.6 Å². The number of carbonyl (C=O) groups is 2. The number of rotatable bonds is 3. The number of halogens is 1. The molecule has 0 heterocycles. The van der Waals surface area contributed by atoms with Gasteiger partial charge < -0.3 is 10.2 Å². The average Bonchev–Trinajstić information content (AvgIpc) is 2.27. The van der Waals surface area contributed by atoms with E-state index in [0.29, 0.717) is 5.69 Å². The van der Waals surface area contributed by atoms with E-state index >= 15 is 0 Å². The van der Waals surface area contributed by atoms with Gasteiger partial charge in [0.25, 0.3) is 0 Å². The summed E-state index contributed by atoms with van der Waals surface area (Å²) >= 11 is 5.45. The number of amides is 2. The summed E-state index contributed by atoms with van der Waals surface area (Å²) < 4.78 is 0. The molecule has 1 aromatic rings. The third-order valence-electron chi connectivity index (χ3n) is 2.06. The van der Waals surface area contributed by atoms with Crippen LogP contribution in [0.5, 0.6) is 0 Å². The van der Waals surface area contributed by atoms with Crippen LogP contribution in [0.15, 0.2) is 24.3 Å². The largest absolute Gasteiger partial charge is 0.326 e. The number of hydrogen-bond donors (Lipinski definition) is 1. The van der Waals surface area contributed by atoms with Gasteiger partial charge in [0.2, 0.25) is 11.8 Å². The van der Waals surface area contributed by atoms with E-state index in [4.69, 9.17) is 11.6 Å². The molecule has 2 amide bonds. The van der Waals surface area contributed by atoms with Gasteiger partial charge in [-0.15, -0.1) is 11.6 Å². The molecule has 0 aliphatic carbocycles. The fraction of sp³-hybridized carbons (Fsp3) is 0.273. The van der Waals surface area contributed by atoms with Crippen LogP contribution in [0.2, 0.25) is 0 Å². The molecule has 0 atom stereocenters. The molecular weight excluding hydrogens is 228 g/mol. The van der Waals surface area contributed by atoms with Gasteiger partial charge in [-0.05, 0) is 24.3 Å². The Hall–Kier alpha value is -1.55. The highest BCUT2D eigenvalue weighted by molar-refractivity contribution is 6.29. The summed E-state index contributed by atoms with van der Waals surface area (Å²) in [6.45, 7) is 1.44. The van der Waals surface area contributed by atoms with Crippen molar-refractivity contribution in [1.29, 1.82) is 0 Å². The summed E-state index contributed by atoms with van der Waals surface area (Å²) in [5.74, 6) is -0.351. The third-order valence-corrected chi connectivity index (χ3v) is 2.29. The number of nitrogens with one attached hydrogen (secondary N) is 1. The molecule has 1 rings (SSSR count). The lowest BCUT2D eigenvalue weighted by molar-refractivity contribution is -0.116. The maximum Gasteiger partial charge on any atom is 0.241 e. The summed E-state index contributed by atoms with van der Waals surface area (Å²) in [5.41, 5.74) is 1.43. The maximum absolute atomic E-state index is 11.3. The lowest BCUT2D eigenvalue weighted by atomic mass is 10.2. The molecule has 0 spiro atoms. The normalized spacial score (nSPS) is 9.69. The van der Waals surface area contributed by atoms with Crippen molar-refractivity contribution in [2.45, 2.75) is 6.92 Å². The third kappa shape index (κ3) is 3.24. The van der Waals surface area contributed by atoms with E-state index in [2.05, 4.69) is 5.32 Å². The Kier molecular flexibility index (Phi) is 4.31. The fourth-order valence-electron chi connectivity index (χ4n) is 1.21. The predicted molar refractivity (Wildman–Crippen MR) is 64.9 cm³/mol. The molecule has 4 nitrogen and oxygen atoms in total. The van der Waals surface area contributed by atoms with Crippen molar-refractivity contribution in [1.82, 2.24) is 0 Å². The summed E-state index contributed by atoms with van der Waals surface area (Å²) in [6, 6.07) is 6.95. The molecule has 1 N–H and O–H groups in total. The second kappa shape index (κ2) is 5.51. The minimum Gasteiger partial charge on any atom is -0.326 e. The maximum atomic E-state index is 11.3. The Labute approximate surface area is 99.2 Å². The molecule has 0 aliphatic rings. The number of alkyl halides is 1. The van der Waals surface area contributed by atoms with E-state index in [-0.39, 0.29) is 17.7 Å². The second-order valence-electron chi connectivity index (χ2n) is 3.31. The number of hydrogen-bond acceptors (Lipinski definition) is 2. The highest BCUT2D eigenvalue weighted by atomic mass is 35.5. The van der Waals surface area contributed by atoms with Crippen LogP contribution < -0.4 is 10.2 Å². The molecule has 0 aromatic heterocycles. The summed E-state index contributed by atoms with van der Waals surface area (Å²) in [4.78, 5) is 23.6. The molecule has 0 aliphatic heterocycles. The van der Waals surface area contributed by atoms with Crippen molar-refractivity contribution in [2.24, 2.45) is 0 Å². The Bertz CT molecular complexity index is 389. The van der Waals surface area contributed by atoms with Gasteiger partial charge in [-0.2, -0.15) is 0 Å². The zero-order chi connectivity index (χ0) is 12.1. The van der Waals surface area contributed by atoms with Crippen LogP contribution in [0, 0.1) is 0 Å². The van der Waals surface area contributed by atoms with Gasteiger partial charge in [0.15, 0.2) is 0 Å². The average molecular weight is 241 g/mol. The molecule has 0 fully saturated rings. The van der Waals surface area contributed by atoms with Gasteiger partial charge in [-0.1, -0.05) is 0 Å². The van der Waals surface area contributed by atoms with Crippen molar-refractivity contribution >= 4 is 34.8 Å². The van der Waals surface area contributed by atoms with E-state index in [9.17, 15) is 9.59 Å². The highest BCUT2D eigenvalue weighted by Gasteiger charge is 2.08. The van der Waals surface area contributed by atoms with E-state index in [1.165, 1.54) is 11.8 Å². The van der Waals surface area contributed by atoms with Crippen molar-refractivity contribution in [3.05, 3.63) is 24.3 Å². The lowest BCUT2D eigenvalue weighted by Gasteiger charge is -2.16. The topological polar surface area (TPSA) is 49.4 Å². The van der Waals surface area contributed by atoms with Gasteiger partial charge in [0.1, 0.15) is 5.88 Å². The second-order valence-corrected chi connectivity index (χ2v) is 3.58. The van der Waals surface area contributed by atoms with Gasteiger partial charge in [-0.25, -0.2) is 0 Å². The Morgan fingerprint density at radius 1 is 1.31 bits per heavy atom. The molecule has 0 radical (unpaired) electrons. The molecule has 5 heteroatoms. The Morgan fingerprint density at radius 2 is 1.88 bits per heavy atom. The van der Waals surface area contributed by atoms with Gasteiger partial charge in [0.05, 0.1) is 0 Å². The first-order valence-corrected chi connectivity index (χ1v) is 5.28. The van der Waals surface area contributed by atoms with Crippen LogP contribution in [0.25, 0.3) is 0 Å². The zero-order valence-electron chi connectivity index (χ0n) is 9.16. The van der Waals surface area contributed by atoms with E-state index in [1.54, 1.807) is 31.3 Å². The SMILES string of the molecule is CC(=O)Nc1ccc(N(C)C(=O)CCl)cc1. The predicted octanol–water partition coefficient (Wildman–Crippen LogP) is 1.85. The van der Waals surface area contributed by atoms with Gasteiger partial charge >= 0.3 is 0 Å².